The number of imidazole rings is 1. The van der Waals surface area contributed by atoms with Gasteiger partial charge in [-0.05, 0) is 23.8 Å². The molecule has 104 valence electrons. The second-order valence-corrected chi connectivity index (χ2v) is 6.83. The van der Waals surface area contributed by atoms with Gasteiger partial charge >= 0.3 is 0 Å². The summed E-state index contributed by atoms with van der Waals surface area (Å²) in [5.41, 5.74) is 1.62. The van der Waals surface area contributed by atoms with E-state index in [1.165, 1.54) is 5.69 Å². The molecule has 1 atom stereocenters. The van der Waals surface area contributed by atoms with Gasteiger partial charge in [-0.25, -0.2) is 4.98 Å². The smallest absolute Gasteiger partial charge is 0.0948 e. The molecule has 1 rings (SSSR count). The minimum Gasteiger partial charge on any atom is -0.333 e. The molecule has 0 radical (unpaired) electrons. The van der Waals surface area contributed by atoms with Crippen LogP contribution >= 0.6 is 0 Å². The highest BCUT2D eigenvalue weighted by atomic mass is 15.1. The maximum Gasteiger partial charge on any atom is 0.0948 e. The average molecular weight is 251 g/mol. The van der Waals surface area contributed by atoms with E-state index in [0.717, 1.165) is 19.6 Å². The van der Waals surface area contributed by atoms with Gasteiger partial charge in [-0.1, -0.05) is 41.5 Å². The normalized spacial score (nSPS) is 14.2. The molecule has 0 amide bonds. The van der Waals surface area contributed by atoms with Crippen LogP contribution in [0.3, 0.4) is 0 Å². The number of hydrogen-bond acceptors (Lipinski definition) is 2. The van der Waals surface area contributed by atoms with Gasteiger partial charge in [0.1, 0.15) is 0 Å². The summed E-state index contributed by atoms with van der Waals surface area (Å²) in [6.45, 7) is 16.7. The van der Waals surface area contributed by atoms with Crippen molar-refractivity contribution in [3.05, 3.63) is 18.2 Å². The number of rotatable bonds is 6. The number of nitrogens with zero attached hydrogens (tertiary/aromatic N) is 2. The molecule has 0 fully saturated rings. The highest BCUT2D eigenvalue weighted by molar-refractivity contribution is 4.98. The van der Waals surface area contributed by atoms with Gasteiger partial charge in [-0.15, -0.1) is 0 Å². The van der Waals surface area contributed by atoms with Crippen LogP contribution in [0.25, 0.3) is 0 Å². The summed E-state index contributed by atoms with van der Waals surface area (Å²) in [5, 5.41) is 3.48. The molecule has 0 aliphatic carbocycles. The van der Waals surface area contributed by atoms with E-state index in [4.69, 9.17) is 0 Å². The zero-order valence-electron chi connectivity index (χ0n) is 12.8. The van der Waals surface area contributed by atoms with Crippen LogP contribution in [0, 0.1) is 17.3 Å². The molecule has 1 unspecified atom stereocenters. The summed E-state index contributed by atoms with van der Waals surface area (Å²) in [6, 6.07) is 0. The Morgan fingerprint density at radius 2 is 1.94 bits per heavy atom. The Balaban J connectivity index is 2.54. The highest BCUT2D eigenvalue weighted by Gasteiger charge is 2.20. The molecule has 1 aromatic heterocycles. The van der Waals surface area contributed by atoms with Crippen molar-refractivity contribution in [3.63, 3.8) is 0 Å². The van der Waals surface area contributed by atoms with Crippen LogP contribution in [-0.2, 0) is 13.1 Å². The molecule has 0 aliphatic rings. The Kier molecular flexibility index (Phi) is 5.39. The van der Waals surface area contributed by atoms with Crippen molar-refractivity contribution in [2.75, 3.05) is 6.54 Å². The van der Waals surface area contributed by atoms with Crippen molar-refractivity contribution < 1.29 is 0 Å². The second-order valence-electron chi connectivity index (χ2n) is 6.83. The van der Waals surface area contributed by atoms with Gasteiger partial charge in [0.15, 0.2) is 0 Å². The lowest BCUT2D eigenvalue weighted by atomic mass is 9.82. The lowest BCUT2D eigenvalue weighted by molar-refractivity contribution is 0.230. The molecule has 1 heterocycles. The van der Waals surface area contributed by atoms with E-state index in [-0.39, 0.29) is 0 Å². The molecular formula is C15H29N3. The van der Waals surface area contributed by atoms with Crippen LogP contribution in [0.1, 0.15) is 47.2 Å². The van der Waals surface area contributed by atoms with E-state index >= 15 is 0 Å². The topological polar surface area (TPSA) is 29.9 Å². The molecule has 1 N–H and O–H groups in total. The van der Waals surface area contributed by atoms with Gasteiger partial charge in [0, 0.05) is 19.3 Å². The quantitative estimate of drug-likeness (QED) is 0.840. The minimum atomic E-state index is 0.340. The van der Waals surface area contributed by atoms with Gasteiger partial charge in [0.2, 0.25) is 0 Å². The molecule has 18 heavy (non-hydrogen) atoms. The first-order chi connectivity index (χ1) is 8.30. The SMILES string of the molecule is CC(C)CNCc1cncn1CC(C)C(C)(C)C. The Morgan fingerprint density at radius 3 is 2.50 bits per heavy atom. The molecule has 0 spiro atoms. The van der Waals surface area contributed by atoms with Crippen molar-refractivity contribution in [2.45, 2.75) is 54.6 Å². The maximum absolute atomic E-state index is 4.28. The van der Waals surface area contributed by atoms with Crippen molar-refractivity contribution in [3.8, 4) is 0 Å². The number of hydrogen-bond donors (Lipinski definition) is 1. The van der Waals surface area contributed by atoms with Gasteiger partial charge in [-0.2, -0.15) is 0 Å². The van der Waals surface area contributed by atoms with Crippen LogP contribution in [0.5, 0.6) is 0 Å². The molecule has 0 bridgehead atoms. The fraction of sp³-hybridized carbons (Fsp3) is 0.800. The maximum atomic E-state index is 4.28. The molecule has 0 aliphatic heterocycles. The number of aromatic nitrogens is 2. The van der Waals surface area contributed by atoms with Gasteiger partial charge in [0.05, 0.1) is 12.0 Å². The van der Waals surface area contributed by atoms with Crippen molar-refractivity contribution in [2.24, 2.45) is 17.3 Å². The molecular weight excluding hydrogens is 222 g/mol. The van der Waals surface area contributed by atoms with Crippen LogP contribution < -0.4 is 5.32 Å². The van der Waals surface area contributed by atoms with Crippen LogP contribution in [-0.4, -0.2) is 16.1 Å². The fourth-order valence-corrected chi connectivity index (χ4v) is 1.72. The lowest BCUT2D eigenvalue weighted by Gasteiger charge is -2.28. The number of nitrogens with one attached hydrogen (secondary N) is 1. The first-order valence-corrected chi connectivity index (χ1v) is 7.00. The standard InChI is InChI=1S/C15H29N3/c1-12(2)7-16-8-14-9-17-11-18(14)10-13(3)15(4,5)6/h9,11-13,16H,7-8,10H2,1-6H3. The van der Waals surface area contributed by atoms with Gasteiger partial charge in [-0.3, -0.25) is 0 Å². The molecule has 0 saturated heterocycles. The van der Waals surface area contributed by atoms with Crippen molar-refractivity contribution in [1.82, 2.24) is 14.9 Å². The average Bonchev–Trinajstić information content (AvgIpc) is 2.64. The zero-order chi connectivity index (χ0) is 13.8. The second kappa shape index (κ2) is 6.37. The predicted molar refractivity (Wildman–Crippen MR) is 77.4 cm³/mol. The van der Waals surface area contributed by atoms with Crippen LogP contribution in [0.2, 0.25) is 0 Å². The summed E-state index contributed by atoms with van der Waals surface area (Å²) >= 11 is 0. The largest absolute Gasteiger partial charge is 0.333 e. The van der Waals surface area contributed by atoms with E-state index in [2.05, 4.69) is 56.4 Å². The molecule has 3 nitrogen and oxygen atoms in total. The van der Waals surface area contributed by atoms with Crippen molar-refractivity contribution in [1.29, 1.82) is 0 Å². The Morgan fingerprint density at radius 1 is 1.28 bits per heavy atom. The first kappa shape index (κ1) is 15.2. The predicted octanol–water partition coefficient (Wildman–Crippen LogP) is 3.31. The molecule has 1 aromatic rings. The molecule has 3 heteroatoms. The minimum absolute atomic E-state index is 0.340. The monoisotopic (exact) mass is 251 g/mol. The molecule has 0 aromatic carbocycles. The molecule has 0 saturated carbocycles. The van der Waals surface area contributed by atoms with Crippen molar-refractivity contribution >= 4 is 0 Å². The van der Waals surface area contributed by atoms with E-state index in [9.17, 15) is 0 Å². The summed E-state index contributed by atoms with van der Waals surface area (Å²) in [6.07, 6.45) is 3.93. The van der Waals surface area contributed by atoms with E-state index in [0.29, 0.717) is 17.3 Å². The summed E-state index contributed by atoms with van der Waals surface area (Å²) in [4.78, 5) is 4.28. The Hall–Kier alpha value is -0.830. The third-order valence-electron chi connectivity index (χ3n) is 3.61. The van der Waals surface area contributed by atoms with E-state index < -0.39 is 0 Å². The summed E-state index contributed by atoms with van der Waals surface area (Å²) in [5.74, 6) is 1.32. The van der Waals surface area contributed by atoms with Crippen LogP contribution in [0.15, 0.2) is 12.5 Å². The third-order valence-corrected chi connectivity index (χ3v) is 3.61. The third kappa shape index (κ3) is 4.81. The van der Waals surface area contributed by atoms with E-state index in [1.807, 2.05) is 12.5 Å². The summed E-state index contributed by atoms with van der Waals surface area (Å²) in [7, 11) is 0. The van der Waals surface area contributed by atoms with Crippen LogP contribution in [0.4, 0.5) is 0 Å². The van der Waals surface area contributed by atoms with Gasteiger partial charge in [0.25, 0.3) is 0 Å². The zero-order valence-corrected chi connectivity index (χ0v) is 12.8. The Labute approximate surface area is 112 Å². The summed E-state index contributed by atoms with van der Waals surface area (Å²) < 4.78 is 2.28. The highest BCUT2D eigenvalue weighted by Crippen LogP contribution is 2.26. The van der Waals surface area contributed by atoms with Gasteiger partial charge < -0.3 is 9.88 Å². The first-order valence-electron chi connectivity index (χ1n) is 7.00. The fourth-order valence-electron chi connectivity index (χ4n) is 1.72. The Bertz CT molecular complexity index is 347. The van der Waals surface area contributed by atoms with E-state index in [1.54, 1.807) is 0 Å². The lowest BCUT2D eigenvalue weighted by Crippen LogP contribution is -2.25.